The summed E-state index contributed by atoms with van der Waals surface area (Å²) in [6.07, 6.45) is 2.26. The summed E-state index contributed by atoms with van der Waals surface area (Å²) in [5, 5.41) is 18.9. The third kappa shape index (κ3) is 7.70. The van der Waals surface area contributed by atoms with Crippen molar-refractivity contribution >= 4 is 29.8 Å². The molecule has 0 saturated heterocycles. The van der Waals surface area contributed by atoms with Gasteiger partial charge in [-0.25, -0.2) is 0 Å². The van der Waals surface area contributed by atoms with Gasteiger partial charge in [0.25, 0.3) is 6.29 Å². The van der Waals surface area contributed by atoms with Crippen LogP contribution in [0.25, 0.3) is 0 Å². The number of esters is 3. The normalized spacial score (nSPS) is 26.1. The Labute approximate surface area is 199 Å². The van der Waals surface area contributed by atoms with Crippen LogP contribution >= 0.6 is 0 Å². The van der Waals surface area contributed by atoms with Gasteiger partial charge in [-0.15, -0.1) is 0 Å². The third-order valence-corrected chi connectivity index (χ3v) is 6.84. The molecule has 34 heavy (non-hydrogen) atoms. The van der Waals surface area contributed by atoms with E-state index in [9.17, 15) is 34.2 Å². The van der Waals surface area contributed by atoms with Crippen LogP contribution in [0.1, 0.15) is 85.0 Å². The van der Waals surface area contributed by atoms with E-state index in [-0.39, 0.29) is 0 Å². The van der Waals surface area contributed by atoms with Crippen LogP contribution in [0.3, 0.4) is 0 Å². The smallest absolute Gasteiger partial charge is 0.313 e. The Morgan fingerprint density at radius 2 is 1.15 bits per heavy atom. The second-order valence-electron chi connectivity index (χ2n) is 9.77. The van der Waals surface area contributed by atoms with Crippen molar-refractivity contribution in [1.82, 2.24) is 0 Å². The highest BCUT2D eigenvalue weighted by atomic mass is 16.7. The number of ether oxygens (including phenoxy) is 3. The number of carboxylic acids is 2. The van der Waals surface area contributed by atoms with Gasteiger partial charge in [0.05, 0.1) is 23.7 Å². The number of rotatable bonds is 10. The molecule has 4 unspecified atom stereocenters. The highest BCUT2D eigenvalue weighted by Gasteiger charge is 2.41. The lowest BCUT2D eigenvalue weighted by molar-refractivity contribution is -0.203. The van der Waals surface area contributed by atoms with Crippen LogP contribution in [0, 0.1) is 23.7 Å². The Bertz CT molecular complexity index is 726. The third-order valence-electron chi connectivity index (χ3n) is 6.84. The molecule has 2 saturated carbocycles. The van der Waals surface area contributed by atoms with Gasteiger partial charge in [-0.2, -0.15) is 0 Å². The van der Waals surface area contributed by atoms with Crippen molar-refractivity contribution in [2.24, 2.45) is 23.7 Å². The maximum atomic E-state index is 12.9. The van der Waals surface area contributed by atoms with Gasteiger partial charge in [-0.1, -0.05) is 32.6 Å². The van der Waals surface area contributed by atoms with E-state index in [1.165, 1.54) is 0 Å². The van der Waals surface area contributed by atoms with Crippen molar-refractivity contribution in [3.05, 3.63) is 0 Å². The summed E-state index contributed by atoms with van der Waals surface area (Å²) in [5.41, 5.74) is -0.787. The van der Waals surface area contributed by atoms with Crippen molar-refractivity contribution < 1.29 is 48.4 Å². The second kappa shape index (κ2) is 12.2. The monoisotopic (exact) mass is 484 g/mol. The minimum Gasteiger partial charge on any atom is -0.481 e. The standard InChI is InChI=1S/C24H36O10/c1-4-24(2,3)34-18(25)13-19(32-22(30)16-11-7-5-9-14(16)20(26)27)33-23(31)17-12-8-6-10-15(17)21(28)29/h14-17,19H,4-13H2,1-3H3,(H,26,27)(H,28,29). The number of aliphatic carboxylic acids is 2. The molecular weight excluding hydrogens is 448 g/mol. The first kappa shape index (κ1) is 27.6. The highest BCUT2D eigenvalue weighted by Crippen LogP contribution is 2.34. The quantitative estimate of drug-likeness (QED) is 0.349. The van der Waals surface area contributed by atoms with Crippen molar-refractivity contribution in [2.75, 3.05) is 0 Å². The molecule has 2 rings (SSSR count). The molecule has 0 bridgehead atoms. The van der Waals surface area contributed by atoms with Gasteiger partial charge in [-0.3, -0.25) is 24.0 Å². The summed E-state index contributed by atoms with van der Waals surface area (Å²) in [6, 6.07) is 0. The van der Waals surface area contributed by atoms with E-state index >= 15 is 0 Å². The van der Waals surface area contributed by atoms with E-state index in [0.29, 0.717) is 57.8 Å². The average molecular weight is 485 g/mol. The summed E-state index contributed by atoms with van der Waals surface area (Å²) in [5.74, 6) is -8.35. The maximum absolute atomic E-state index is 12.9. The van der Waals surface area contributed by atoms with Gasteiger partial charge >= 0.3 is 29.8 Å². The van der Waals surface area contributed by atoms with Crippen LogP contribution in [0.15, 0.2) is 0 Å². The molecule has 10 nitrogen and oxygen atoms in total. The molecule has 0 aliphatic heterocycles. The average Bonchev–Trinajstić information content (AvgIpc) is 2.78. The molecule has 0 aromatic rings. The number of carboxylic acid groups (broad SMARTS) is 2. The second-order valence-corrected chi connectivity index (χ2v) is 9.77. The Balaban J connectivity index is 2.17. The molecule has 192 valence electrons. The minimum atomic E-state index is -1.63. The number of carbonyl (C=O) groups excluding carboxylic acids is 3. The van der Waals surface area contributed by atoms with Crippen LogP contribution in [0.5, 0.6) is 0 Å². The molecular formula is C24H36O10. The van der Waals surface area contributed by atoms with E-state index in [2.05, 4.69) is 0 Å². The predicted octanol–water partition coefficient (Wildman–Crippen LogP) is 3.30. The zero-order valence-corrected chi connectivity index (χ0v) is 20.1. The topological polar surface area (TPSA) is 154 Å². The Morgan fingerprint density at radius 3 is 1.50 bits per heavy atom. The summed E-state index contributed by atoms with van der Waals surface area (Å²) < 4.78 is 16.1. The van der Waals surface area contributed by atoms with Crippen LogP contribution in [0.4, 0.5) is 0 Å². The van der Waals surface area contributed by atoms with Crippen molar-refractivity contribution in [3.63, 3.8) is 0 Å². The number of hydrogen-bond donors (Lipinski definition) is 2. The molecule has 2 aliphatic carbocycles. The molecule has 0 radical (unpaired) electrons. The van der Waals surface area contributed by atoms with Crippen molar-refractivity contribution in [2.45, 2.75) is 96.9 Å². The van der Waals surface area contributed by atoms with Gasteiger partial charge in [-0.05, 0) is 46.0 Å². The van der Waals surface area contributed by atoms with E-state index < -0.39 is 71.8 Å². The van der Waals surface area contributed by atoms with Crippen LogP contribution in [-0.2, 0) is 38.2 Å². The number of carbonyl (C=O) groups is 5. The molecule has 10 heteroatoms. The van der Waals surface area contributed by atoms with Gasteiger partial charge in [0.1, 0.15) is 12.0 Å². The fraction of sp³-hybridized carbons (Fsp3) is 0.792. The zero-order chi connectivity index (χ0) is 25.5. The molecule has 0 aromatic carbocycles. The molecule has 0 heterocycles. The van der Waals surface area contributed by atoms with Gasteiger partial charge in [0, 0.05) is 0 Å². The summed E-state index contributed by atoms with van der Waals surface area (Å²) >= 11 is 0. The first-order valence-corrected chi connectivity index (χ1v) is 12.0. The van der Waals surface area contributed by atoms with E-state index in [4.69, 9.17) is 14.2 Å². The lowest BCUT2D eigenvalue weighted by atomic mass is 9.79. The Kier molecular flexibility index (Phi) is 9.88. The molecule has 2 N–H and O–H groups in total. The van der Waals surface area contributed by atoms with Gasteiger partial charge < -0.3 is 24.4 Å². The van der Waals surface area contributed by atoms with Crippen molar-refractivity contribution in [3.8, 4) is 0 Å². The molecule has 2 aliphatic rings. The molecule has 0 aromatic heterocycles. The van der Waals surface area contributed by atoms with E-state index in [0.717, 1.165) is 0 Å². The lowest BCUT2D eigenvalue weighted by Gasteiger charge is -2.31. The molecule has 4 atom stereocenters. The summed E-state index contributed by atoms with van der Waals surface area (Å²) in [4.78, 5) is 61.4. The first-order valence-electron chi connectivity index (χ1n) is 12.0. The van der Waals surface area contributed by atoms with Crippen LogP contribution in [-0.4, -0.2) is 52.0 Å². The van der Waals surface area contributed by atoms with Gasteiger partial charge in [0.2, 0.25) is 0 Å². The Morgan fingerprint density at radius 1 is 0.765 bits per heavy atom. The predicted molar refractivity (Wildman–Crippen MR) is 117 cm³/mol. The highest BCUT2D eigenvalue weighted by molar-refractivity contribution is 5.83. The summed E-state index contributed by atoms with van der Waals surface area (Å²) in [6.45, 7) is 5.24. The Hall–Kier alpha value is -2.65. The fourth-order valence-electron chi connectivity index (χ4n) is 4.52. The van der Waals surface area contributed by atoms with Gasteiger partial charge in [0.15, 0.2) is 0 Å². The molecule has 0 spiro atoms. The SMILES string of the molecule is CCC(C)(C)OC(=O)CC(OC(=O)C1CCCCC1C(=O)O)OC(=O)C1CCCCC1C(=O)O. The first-order chi connectivity index (χ1) is 15.9. The van der Waals surface area contributed by atoms with Crippen molar-refractivity contribution in [1.29, 1.82) is 0 Å². The largest absolute Gasteiger partial charge is 0.481 e. The zero-order valence-electron chi connectivity index (χ0n) is 20.1. The molecule has 0 amide bonds. The molecule has 2 fully saturated rings. The van der Waals surface area contributed by atoms with E-state index in [1.54, 1.807) is 13.8 Å². The number of hydrogen-bond acceptors (Lipinski definition) is 8. The fourth-order valence-corrected chi connectivity index (χ4v) is 4.52. The maximum Gasteiger partial charge on any atom is 0.313 e. The minimum absolute atomic E-state index is 0.313. The van der Waals surface area contributed by atoms with Crippen LogP contribution in [0.2, 0.25) is 0 Å². The lowest BCUT2D eigenvalue weighted by Crippen LogP contribution is -2.40. The summed E-state index contributed by atoms with van der Waals surface area (Å²) in [7, 11) is 0. The van der Waals surface area contributed by atoms with E-state index in [1.807, 2.05) is 6.92 Å². The van der Waals surface area contributed by atoms with Crippen LogP contribution < -0.4 is 0 Å².